The Morgan fingerprint density at radius 2 is 1.94 bits per heavy atom. The van der Waals surface area contributed by atoms with E-state index in [4.69, 9.17) is 10.5 Å². The average molecular weight is 470 g/mol. The van der Waals surface area contributed by atoms with Crippen molar-refractivity contribution >= 4 is 29.3 Å². The van der Waals surface area contributed by atoms with Crippen molar-refractivity contribution in [2.45, 2.75) is 18.1 Å². The lowest BCUT2D eigenvalue weighted by molar-refractivity contribution is -0.118. The van der Waals surface area contributed by atoms with Gasteiger partial charge in [-0.15, -0.1) is 16.8 Å². The molecule has 2 N–H and O–H groups in total. The standard InChI is InChI=1S/C23H24FN5O3S/c1-3-13-29-22(18-6-4-5-7-19(18)32-2)26-27-23(29)33-15-21(31)28(14-12-20(25)30)17-10-8-16(24)9-11-17/h3-11H,1,12-15H2,2H3,(H2,25,30). The Kier molecular flexibility index (Phi) is 8.20. The minimum absolute atomic E-state index is 0.0155. The highest BCUT2D eigenvalue weighted by Crippen LogP contribution is 2.31. The summed E-state index contributed by atoms with van der Waals surface area (Å²) in [5.74, 6) is 0.0340. The number of rotatable bonds is 11. The van der Waals surface area contributed by atoms with Crippen molar-refractivity contribution < 1.29 is 18.7 Å². The molecule has 1 heterocycles. The largest absolute Gasteiger partial charge is 0.496 e. The Morgan fingerprint density at radius 3 is 2.61 bits per heavy atom. The van der Waals surface area contributed by atoms with Crippen molar-refractivity contribution in [2.75, 3.05) is 24.3 Å². The summed E-state index contributed by atoms with van der Waals surface area (Å²) in [7, 11) is 1.58. The molecule has 0 atom stereocenters. The van der Waals surface area contributed by atoms with Crippen LogP contribution in [0.3, 0.4) is 0 Å². The fraction of sp³-hybridized carbons (Fsp3) is 0.217. The fourth-order valence-electron chi connectivity index (χ4n) is 3.16. The lowest BCUT2D eigenvalue weighted by atomic mass is 10.2. The molecule has 0 fully saturated rings. The van der Waals surface area contributed by atoms with Crippen LogP contribution >= 0.6 is 11.8 Å². The molecule has 0 saturated heterocycles. The van der Waals surface area contributed by atoms with Gasteiger partial charge in [-0.1, -0.05) is 30.0 Å². The lowest BCUT2D eigenvalue weighted by Gasteiger charge is -2.22. The van der Waals surface area contributed by atoms with E-state index in [0.29, 0.717) is 29.0 Å². The number of carbonyl (C=O) groups is 2. The summed E-state index contributed by atoms with van der Waals surface area (Å²) in [6.45, 7) is 4.32. The number of thioether (sulfide) groups is 1. The number of hydrogen-bond donors (Lipinski definition) is 1. The van der Waals surface area contributed by atoms with Crippen LogP contribution in [0.5, 0.6) is 5.75 Å². The van der Waals surface area contributed by atoms with E-state index in [-0.39, 0.29) is 24.6 Å². The summed E-state index contributed by atoms with van der Waals surface area (Å²) in [5.41, 5.74) is 6.50. The number of ether oxygens (including phenoxy) is 1. The van der Waals surface area contributed by atoms with Gasteiger partial charge in [-0.25, -0.2) is 4.39 Å². The van der Waals surface area contributed by atoms with Gasteiger partial charge >= 0.3 is 0 Å². The monoisotopic (exact) mass is 469 g/mol. The van der Waals surface area contributed by atoms with Gasteiger partial charge in [0.1, 0.15) is 11.6 Å². The van der Waals surface area contributed by atoms with Crippen LogP contribution in [-0.4, -0.2) is 46.0 Å². The van der Waals surface area contributed by atoms with Crippen LogP contribution in [-0.2, 0) is 16.1 Å². The third-order valence-electron chi connectivity index (χ3n) is 4.72. The number of benzene rings is 2. The SMILES string of the molecule is C=CCn1c(SCC(=O)N(CCC(N)=O)c2ccc(F)cc2)nnc1-c1ccccc1OC. The first kappa shape index (κ1) is 24.0. The van der Waals surface area contributed by atoms with Crippen molar-refractivity contribution in [1.29, 1.82) is 0 Å². The number of amides is 2. The maximum atomic E-state index is 13.3. The summed E-state index contributed by atoms with van der Waals surface area (Å²) in [5, 5.41) is 9.08. The van der Waals surface area contributed by atoms with Gasteiger partial charge in [-0.2, -0.15) is 0 Å². The molecule has 8 nitrogen and oxygen atoms in total. The zero-order valence-electron chi connectivity index (χ0n) is 18.1. The topological polar surface area (TPSA) is 103 Å². The number of para-hydroxylation sites is 1. The maximum absolute atomic E-state index is 13.3. The summed E-state index contributed by atoms with van der Waals surface area (Å²) in [4.78, 5) is 25.7. The van der Waals surface area contributed by atoms with Gasteiger partial charge < -0.3 is 15.4 Å². The number of nitrogens with zero attached hydrogens (tertiary/aromatic N) is 4. The van der Waals surface area contributed by atoms with Gasteiger partial charge in [-0.3, -0.25) is 14.2 Å². The van der Waals surface area contributed by atoms with Crippen molar-refractivity contribution in [3.8, 4) is 17.1 Å². The highest BCUT2D eigenvalue weighted by molar-refractivity contribution is 7.99. The van der Waals surface area contributed by atoms with Gasteiger partial charge in [-0.05, 0) is 36.4 Å². The van der Waals surface area contributed by atoms with Crippen molar-refractivity contribution in [3.63, 3.8) is 0 Å². The van der Waals surface area contributed by atoms with E-state index in [1.54, 1.807) is 13.2 Å². The van der Waals surface area contributed by atoms with E-state index in [9.17, 15) is 14.0 Å². The molecule has 1 aromatic heterocycles. The summed E-state index contributed by atoms with van der Waals surface area (Å²) < 4.78 is 20.6. The zero-order valence-corrected chi connectivity index (χ0v) is 18.9. The number of nitrogens with two attached hydrogens (primary N) is 1. The maximum Gasteiger partial charge on any atom is 0.237 e. The molecule has 0 spiro atoms. The highest BCUT2D eigenvalue weighted by Gasteiger charge is 2.21. The first-order valence-corrected chi connectivity index (χ1v) is 11.1. The highest BCUT2D eigenvalue weighted by atomic mass is 32.2. The fourth-order valence-corrected chi connectivity index (χ4v) is 3.99. The second-order valence-electron chi connectivity index (χ2n) is 6.93. The molecule has 10 heteroatoms. The van der Waals surface area contributed by atoms with E-state index >= 15 is 0 Å². The van der Waals surface area contributed by atoms with Crippen LogP contribution < -0.4 is 15.4 Å². The van der Waals surface area contributed by atoms with Crippen LogP contribution in [0, 0.1) is 5.82 Å². The first-order valence-electron chi connectivity index (χ1n) is 10.1. The van der Waals surface area contributed by atoms with Crippen LogP contribution in [0.15, 0.2) is 66.3 Å². The summed E-state index contributed by atoms with van der Waals surface area (Å²) >= 11 is 1.20. The van der Waals surface area contributed by atoms with Gasteiger partial charge in [0.05, 0.1) is 18.4 Å². The van der Waals surface area contributed by atoms with Gasteiger partial charge in [0.25, 0.3) is 0 Å². The molecular formula is C23H24FN5O3S. The molecule has 0 bridgehead atoms. The molecule has 33 heavy (non-hydrogen) atoms. The Bertz CT molecular complexity index is 1130. The average Bonchev–Trinajstić information content (AvgIpc) is 3.21. The predicted molar refractivity (Wildman–Crippen MR) is 125 cm³/mol. The Hall–Kier alpha value is -3.66. The van der Waals surface area contributed by atoms with Crippen LogP contribution in [0.2, 0.25) is 0 Å². The van der Waals surface area contributed by atoms with E-state index in [1.807, 2.05) is 28.8 Å². The second-order valence-corrected chi connectivity index (χ2v) is 7.88. The minimum atomic E-state index is -0.533. The number of methoxy groups -OCH3 is 1. The lowest BCUT2D eigenvalue weighted by Crippen LogP contribution is -2.35. The van der Waals surface area contributed by atoms with E-state index < -0.39 is 11.7 Å². The van der Waals surface area contributed by atoms with Crippen LogP contribution in [0.25, 0.3) is 11.4 Å². The number of carbonyl (C=O) groups excluding carboxylic acids is 2. The molecule has 0 saturated carbocycles. The number of allylic oxidation sites excluding steroid dienone is 1. The van der Waals surface area contributed by atoms with E-state index in [1.165, 1.54) is 40.9 Å². The Morgan fingerprint density at radius 1 is 1.21 bits per heavy atom. The second kappa shape index (κ2) is 11.3. The van der Waals surface area contributed by atoms with Gasteiger partial charge in [0.15, 0.2) is 11.0 Å². The Balaban J connectivity index is 1.82. The molecule has 3 rings (SSSR count). The molecule has 0 unspecified atom stereocenters. The van der Waals surface area contributed by atoms with Crippen molar-refractivity contribution in [3.05, 3.63) is 67.0 Å². The van der Waals surface area contributed by atoms with Gasteiger partial charge in [0.2, 0.25) is 11.8 Å². The first-order chi connectivity index (χ1) is 15.9. The molecule has 0 aliphatic carbocycles. The third-order valence-corrected chi connectivity index (χ3v) is 5.67. The number of primary amides is 1. The molecule has 172 valence electrons. The molecule has 0 radical (unpaired) electrons. The third kappa shape index (κ3) is 5.98. The minimum Gasteiger partial charge on any atom is -0.496 e. The zero-order chi connectivity index (χ0) is 23.8. The number of aromatic nitrogens is 3. The smallest absolute Gasteiger partial charge is 0.237 e. The normalized spacial score (nSPS) is 10.6. The number of halogens is 1. The molecule has 0 aliphatic rings. The number of hydrogen-bond acceptors (Lipinski definition) is 6. The quantitative estimate of drug-likeness (QED) is 0.341. The molecule has 3 aromatic rings. The van der Waals surface area contributed by atoms with Crippen molar-refractivity contribution in [2.24, 2.45) is 5.73 Å². The predicted octanol–water partition coefficient (Wildman–Crippen LogP) is 3.28. The Labute approximate surface area is 195 Å². The van der Waals surface area contributed by atoms with Crippen LogP contribution in [0.1, 0.15) is 6.42 Å². The number of anilines is 1. The molecule has 2 aromatic carbocycles. The van der Waals surface area contributed by atoms with E-state index in [0.717, 1.165) is 5.56 Å². The van der Waals surface area contributed by atoms with Crippen LogP contribution in [0.4, 0.5) is 10.1 Å². The van der Waals surface area contributed by atoms with E-state index in [2.05, 4.69) is 16.8 Å². The molecule has 0 aliphatic heterocycles. The molecular weight excluding hydrogens is 445 g/mol. The van der Waals surface area contributed by atoms with Crippen molar-refractivity contribution in [1.82, 2.24) is 14.8 Å². The molecule has 2 amide bonds. The summed E-state index contributed by atoms with van der Waals surface area (Å²) in [6.07, 6.45) is 1.70. The summed E-state index contributed by atoms with van der Waals surface area (Å²) in [6, 6.07) is 12.9. The van der Waals surface area contributed by atoms with Gasteiger partial charge in [0, 0.05) is 25.2 Å².